The van der Waals surface area contributed by atoms with Gasteiger partial charge in [0.15, 0.2) is 0 Å². The maximum Gasteiger partial charge on any atom is 0.243 e. The van der Waals surface area contributed by atoms with E-state index in [0.29, 0.717) is 25.2 Å². The first kappa shape index (κ1) is 22.7. The summed E-state index contributed by atoms with van der Waals surface area (Å²) in [7, 11) is -1.68. The van der Waals surface area contributed by atoms with E-state index in [9.17, 15) is 13.2 Å². The molecule has 0 heterocycles. The van der Waals surface area contributed by atoms with Gasteiger partial charge in [-0.3, -0.25) is 9.10 Å². The third kappa shape index (κ3) is 5.97. The standard InChI is InChI=1S/C22H31N3O3S/c1-6-20(22(26)23-14-15-24(4)19-10-8-7-9-11-19)25(29(5,27)28)21-16-17(2)12-13-18(21)3/h7-13,16,20H,6,14-15H2,1-5H3,(H,23,26). The van der Waals surface area contributed by atoms with E-state index in [1.54, 1.807) is 0 Å². The Hall–Kier alpha value is -2.54. The average molecular weight is 418 g/mol. The van der Waals surface area contributed by atoms with Crippen LogP contribution in [0.2, 0.25) is 0 Å². The zero-order valence-electron chi connectivity index (χ0n) is 17.8. The van der Waals surface area contributed by atoms with Crippen LogP contribution in [0.1, 0.15) is 24.5 Å². The molecule has 7 heteroatoms. The van der Waals surface area contributed by atoms with Crippen LogP contribution in [0.4, 0.5) is 11.4 Å². The second kappa shape index (κ2) is 9.78. The molecule has 29 heavy (non-hydrogen) atoms. The van der Waals surface area contributed by atoms with Crippen LogP contribution in [0.25, 0.3) is 0 Å². The van der Waals surface area contributed by atoms with Crippen LogP contribution in [0.5, 0.6) is 0 Å². The normalized spacial score (nSPS) is 12.3. The molecule has 0 aliphatic rings. The summed E-state index contributed by atoms with van der Waals surface area (Å²) < 4.78 is 26.5. The summed E-state index contributed by atoms with van der Waals surface area (Å²) in [6.07, 6.45) is 1.52. The minimum atomic E-state index is -3.64. The molecule has 2 rings (SSSR count). The predicted molar refractivity (Wildman–Crippen MR) is 120 cm³/mol. The van der Waals surface area contributed by atoms with Crippen molar-refractivity contribution in [2.24, 2.45) is 0 Å². The number of nitrogens with zero attached hydrogens (tertiary/aromatic N) is 2. The van der Waals surface area contributed by atoms with Gasteiger partial charge in [0.2, 0.25) is 15.9 Å². The highest BCUT2D eigenvalue weighted by Crippen LogP contribution is 2.27. The van der Waals surface area contributed by atoms with Crippen molar-refractivity contribution in [3.63, 3.8) is 0 Å². The third-order valence-electron chi connectivity index (χ3n) is 4.88. The van der Waals surface area contributed by atoms with Crippen LogP contribution in [-0.4, -0.2) is 46.8 Å². The van der Waals surface area contributed by atoms with E-state index < -0.39 is 16.1 Å². The number of rotatable bonds is 9. The summed E-state index contributed by atoms with van der Waals surface area (Å²) in [6.45, 7) is 6.62. The maximum atomic E-state index is 12.9. The number of para-hydroxylation sites is 1. The van der Waals surface area contributed by atoms with Gasteiger partial charge < -0.3 is 10.2 Å². The van der Waals surface area contributed by atoms with Crippen molar-refractivity contribution in [1.82, 2.24) is 5.32 Å². The number of hydrogen-bond acceptors (Lipinski definition) is 4. The van der Waals surface area contributed by atoms with Gasteiger partial charge in [-0.15, -0.1) is 0 Å². The molecule has 0 saturated carbocycles. The largest absolute Gasteiger partial charge is 0.373 e. The summed E-state index contributed by atoms with van der Waals surface area (Å²) in [4.78, 5) is 15.0. The lowest BCUT2D eigenvalue weighted by molar-refractivity contribution is -0.122. The Labute approximate surface area is 174 Å². The van der Waals surface area contributed by atoms with E-state index >= 15 is 0 Å². The monoisotopic (exact) mass is 417 g/mol. The van der Waals surface area contributed by atoms with Crippen molar-refractivity contribution in [3.8, 4) is 0 Å². The summed E-state index contributed by atoms with van der Waals surface area (Å²) >= 11 is 0. The number of benzene rings is 2. The first-order valence-electron chi connectivity index (χ1n) is 9.75. The average Bonchev–Trinajstić information content (AvgIpc) is 2.67. The van der Waals surface area contributed by atoms with Crippen LogP contribution in [0.3, 0.4) is 0 Å². The number of hydrogen-bond donors (Lipinski definition) is 1. The highest BCUT2D eigenvalue weighted by atomic mass is 32.2. The highest BCUT2D eigenvalue weighted by Gasteiger charge is 2.32. The Bertz CT molecular complexity index is 930. The van der Waals surface area contributed by atoms with Gasteiger partial charge in [-0.25, -0.2) is 8.42 Å². The van der Waals surface area contributed by atoms with Crippen LogP contribution in [0.15, 0.2) is 48.5 Å². The predicted octanol–water partition coefficient (Wildman–Crippen LogP) is 3.10. The number of likely N-dealkylation sites (N-methyl/N-ethyl adjacent to an activating group) is 1. The molecule has 1 atom stereocenters. The molecule has 0 aliphatic carbocycles. The topological polar surface area (TPSA) is 69.7 Å². The molecule has 2 aromatic rings. The number of sulfonamides is 1. The van der Waals surface area contributed by atoms with Crippen LogP contribution < -0.4 is 14.5 Å². The van der Waals surface area contributed by atoms with Gasteiger partial charge >= 0.3 is 0 Å². The number of carbonyl (C=O) groups is 1. The second-order valence-electron chi connectivity index (χ2n) is 7.32. The highest BCUT2D eigenvalue weighted by molar-refractivity contribution is 7.92. The SMILES string of the molecule is CCC(C(=O)NCCN(C)c1ccccc1)N(c1cc(C)ccc1C)S(C)(=O)=O. The van der Waals surface area contributed by atoms with E-state index in [1.165, 1.54) is 4.31 Å². The molecular formula is C22H31N3O3S. The van der Waals surface area contributed by atoms with E-state index in [4.69, 9.17) is 0 Å². The van der Waals surface area contributed by atoms with E-state index in [0.717, 1.165) is 23.1 Å². The fourth-order valence-corrected chi connectivity index (χ4v) is 4.53. The minimum Gasteiger partial charge on any atom is -0.373 e. The first-order chi connectivity index (χ1) is 13.6. The van der Waals surface area contributed by atoms with Crippen molar-refractivity contribution in [2.45, 2.75) is 33.2 Å². The van der Waals surface area contributed by atoms with Crippen molar-refractivity contribution >= 4 is 27.3 Å². The van der Waals surface area contributed by atoms with Crippen molar-refractivity contribution in [3.05, 3.63) is 59.7 Å². The molecule has 158 valence electrons. The molecular weight excluding hydrogens is 386 g/mol. The molecule has 2 aromatic carbocycles. The molecule has 1 unspecified atom stereocenters. The van der Waals surface area contributed by atoms with E-state index in [-0.39, 0.29) is 5.91 Å². The molecule has 0 bridgehead atoms. The van der Waals surface area contributed by atoms with Gasteiger partial charge in [0.25, 0.3) is 0 Å². The van der Waals surface area contributed by atoms with Crippen LogP contribution in [-0.2, 0) is 14.8 Å². The molecule has 1 N–H and O–H groups in total. The third-order valence-corrected chi connectivity index (χ3v) is 6.04. The van der Waals surface area contributed by atoms with Crippen molar-refractivity contribution in [1.29, 1.82) is 0 Å². The molecule has 0 aromatic heterocycles. The summed E-state index contributed by atoms with van der Waals surface area (Å²) in [6, 6.07) is 14.7. The molecule has 1 amide bonds. The first-order valence-corrected chi connectivity index (χ1v) is 11.6. The van der Waals surface area contributed by atoms with E-state index in [2.05, 4.69) is 5.32 Å². The van der Waals surface area contributed by atoms with Gasteiger partial charge in [0, 0.05) is 25.8 Å². The lowest BCUT2D eigenvalue weighted by Gasteiger charge is -2.31. The zero-order chi connectivity index (χ0) is 21.6. The van der Waals surface area contributed by atoms with Crippen molar-refractivity contribution in [2.75, 3.05) is 35.6 Å². The number of aryl methyl sites for hydroxylation is 2. The van der Waals surface area contributed by atoms with Crippen LogP contribution >= 0.6 is 0 Å². The Morgan fingerprint density at radius 1 is 1.10 bits per heavy atom. The van der Waals surface area contributed by atoms with Gasteiger partial charge in [-0.2, -0.15) is 0 Å². The minimum absolute atomic E-state index is 0.291. The lowest BCUT2D eigenvalue weighted by atomic mass is 10.1. The number of nitrogens with one attached hydrogen (secondary N) is 1. The fraction of sp³-hybridized carbons (Fsp3) is 0.409. The van der Waals surface area contributed by atoms with Gasteiger partial charge in [-0.05, 0) is 49.6 Å². The quantitative estimate of drug-likeness (QED) is 0.681. The second-order valence-corrected chi connectivity index (χ2v) is 9.18. The molecule has 6 nitrogen and oxygen atoms in total. The summed E-state index contributed by atoms with van der Waals surface area (Å²) in [5, 5.41) is 2.90. The zero-order valence-corrected chi connectivity index (χ0v) is 18.7. The molecule has 0 radical (unpaired) electrons. The van der Waals surface area contributed by atoms with Crippen molar-refractivity contribution < 1.29 is 13.2 Å². The number of anilines is 2. The molecule has 0 aliphatic heterocycles. The van der Waals surface area contributed by atoms with Gasteiger partial charge in [-0.1, -0.05) is 37.3 Å². The van der Waals surface area contributed by atoms with E-state index in [1.807, 2.05) is 81.2 Å². The Morgan fingerprint density at radius 2 is 1.76 bits per heavy atom. The summed E-state index contributed by atoms with van der Waals surface area (Å²) in [5.41, 5.74) is 3.37. The van der Waals surface area contributed by atoms with Gasteiger partial charge in [0.05, 0.1) is 11.9 Å². The summed E-state index contributed by atoms with van der Waals surface area (Å²) in [5.74, 6) is -0.291. The molecule has 0 spiro atoms. The Morgan fingerprint density at radius 3 is 2.34 bits per heavy atom. The maximum absolute atomic E-state index is 12.9. The number of carbonyl (C=O) groups excluding carboxylic acids is 1. The molecule has 0 fully saturated rings. The smallest absolute Gasteiger partial charge is 0.243 e. The number of amides is 1. The fourth-order valence-electron chi connectivity index (χ4n) is 3.27. The van der Waals surface area contributed by atoms with Crippen LogP contribution in [0, 0.1) is 13.8 Å². The Kier molecular flexibility index (Phi) is 7.67. The Balaban J connectivity index is 2.15. The molecule has 0 saturated heterocycles. The lowest BCUT2D eigenvalue weighted by Crippen LogP contribution is -2.50. The van der Waals surface area contributed by atoms with Gasteiger partial charge in [0.1, 0.15) is 6.04 Å².